The average Bonchev–Trinajstić information content (AvgIpc) is 3.67. The number of alkyl carbamates (subject to hydrolysis) is 1. The van der Waals surface area contributed by atoms with Crippen LogP contribution in [-0.2, 0) is 30.7 Å². The van der Waals surface area contributed by atoms with Gasteiger partial charge in [0.1, 0.15) is 11.9 Å². The molecule has 41 heavy (non-hydrogen) atoms. The Hall–Kier alpha value is -3.10. The third kappa shape index (κ3) is 6.87. The Morgan fingerprint density at radius 3 is 2.61 bits per heavy atom. The number of benzene rings is 2. The number of rotatable bonds is 11. The van der Waals surface area contributed by atoms with E-state index in [2.05, 4.69) is 5.32 Å². The number of hydrogen-bond donors (Lipinski definition) is 3. The summed E-state index contributed by atoms with van der Waals surface area (Å²) >= 11 is 0. The Morgan fingerprint density at radius 2 is 1.85 bits per heavy atom. The number of hydrogen-bond acceptors (Lipinski definition) is 10. The highest BCUT2D eigenvalue weighted by atomic mass is 32.2. The van der Waals surface area contributed by atoms with Gasteiger partial charge in [0, 0.05) is 19.2 Å². The maximum Gasteiger partial charge on any atom is 0.407 e. The van der Waals surface area contributed by atoms with E-state index in [1.807, 2.05) is 13.8 Å². The predicted octanol–water partition coefficient (Wildman–Crippen LogP) is 2.23. The van der Waals surface area contributed by atoms with Gasteiger partial charge in [0.25, 0.3) is 0 Å². The minimum atomic E-state index is -4.05. The largest absolute Gasteiger partial charge is 0.508 e. The number of phenolic OH excluding ortho intramolecular Hbond substituents is 1. The lowest BCUT2D eigenvalue weighted by Gasteiger charge is -2.31. The van der Waals surface area contributed by atoms with Gasteiger partial charge in [-0.2, -0.15) is 4.31 Å². The Morgan fingerprint density at radius 1 is 1.10 bits per heavy atom. The number of ether oxygens (including phenoxy) is 5. The van der Waals surface area contributed by atoms with Crippen molar-refractivity contribution in [1.29, 1.82) is 0 Å². The summed E-state index contributed by atoms with van der Waals surface area (Å²) in [5.41, 5.74) is 0.717. The number of amides is 1. The Bertz CT molecular complexity index is 1320. The van der Waals surface area contributed by atoms with Crippen LogP contribution in [0.2, 0.25) is 0 Å². The molecule has 0 radical (unpaired) electrons. The molecule has 0 aliphatic carbocycles. The van der Waals surface area contributed by atoms with Crippen LogP contribution in [0.15, 0.2) is 47.4 Å². The number of aliphatic hydroxyl groups is 1. The van der Waals surface area contributed by atoms with E-state index in [0.717, 1.165) is 5.56 Å². The summed E-state index contributed by atoms with van der Waals surface area (Å²) in [4.78, 5) is 13.0. The lowest BCUT2D eigenvalue weighted by atomic mass is 10.0. The van der Waals surface area contributed by atoms with Gasteiger partial charge >= 0.3 is 6.09 Å². The van der Waals surface area contributed by atoms with Crippen molar-refractivity contribution < 1.29 is 47.1 Å². The number of fused-ring (bicyclic) bond motifs is 2. The van der Waals surface area contributed by atoms with Crippen LogP contribution < -0.4 is 14.8 Å². The molecule has 3 heterocycles. The molecule has 0 aromatic heterocycles. The second kappa shape index (κ2) is 12.4. The summed E-state index contributed by atoms with van der Waals surface area (Å²) in [5.74, 6) is 0.750. The van der Waals surface area contributed by atoms with E-state index in [1.54, 1.807) is 12.1 Å². The van der Waals surface area contributed by atoms with Crippen molar-refractivity contribution in [3.05, 3.63) is 48.0 Å². The van der Waals surface area contributed by atoms with Gasteiger partial charge in [-0.05, 0) is 48.6 Å². The summed E-state index contributed by atoms with van der Waals surface area (Å²) in [6.07, 6.45) is -2.06. The second-order valence-corrected chi connectivity index (χ2v) is 12.8. The second-order valence-electron chi connectivity index (χ2n) is 10.9. The standard InChI is InChI=1S/C28H36N2O10S/c1-17(2)13-30(41(34,35)20-7-8-24-25(12-20)39-16-38-24)14-23(32)22(11-18-3-5-19(31)6-4-18)29-28(33)40-26-15-37-27-21(26)9-10-36-27/h3-8,12,17,21-23,26-27,31-32H,9-11,13-16H2,1-2H3,(H,29,33)/t21-,22?,23+,26-,27+/m0/s1. The van der Waals surface area contributed by atoms with Crippen LogP contribution in [0.3, 0.4) is 0 Å². The highest BCUT2D eigenvalue weighted by molar-refractivity contribution is 7.89. The van der Waals surface area contributed by atoms with Crippen LogP contribution in [0.4, 0.5) is 4.79 Å². The fraction of sp³-hybridized carbons (Fsp3) is 0.536. The summed E-state index contributed by atoms with van der Waals surface area (Å²) in [6, 6.07) is 9.82. The minimum absolute atomic E-state index is 0.00613. The number of nitrogens with one attached hydrogen (secondary N) is 1. The number of aromatic hydroxyl groups is 1. The molecule has 0 saturated carbocycles. The van der Waals surface area contributed by atoms with Crippen molar-refractivity contribution in [1.82, 2.24) is 9.62 Å². The zero-order chi connectivity index (χ0) is 29.1. The van der Waals surface area contributed by atoms with E-state index < -0.39 is 40.7 Å². The van der Waals surface area contributed by atoms with E-state index in [-0.39, 0.29) is 55.4 Å². The number of nitrogens with zero attached hydrogens (tertiary/aromatic N) is 1. The minimum Gasteiger partial charge on any atom is -0.508 e. The van der Waals surface area contributed by atoms with Crippen LogP contribution in [-0.4, -0.2) is 86.7 Å². The maximum atomic E-state index is 13.7. The summed E-state index contributed by atoms with van der Waals surface area (Å²) in [5, 5.41) is 23.8. The number of sulfonamides is 1. The number of phenols is 1. The smallest absolute Gasteiger partial charge is 0.407 e. The van der Waals surface area contributed by atoms with Gasteiger partial charge in [0.2, 0.25) is 16.8 Å². The molecular formula is C28H36N2O10S. The van der Waals surface area contributed by atoms with Crippen molar-refractivity contribution in [2.24, 2.45) is 11.8 Å². The lowest BCUT2D eigenvalue weighted by Crippen LogP contribution is -2.51. The topological polar surface area (TPSA) is 153 Å². The first-order valence-electron chi connectivity index (χ1n) is 13.7. The summed E-state index contributed by atoms with van der Waals surface area (Å²) < 4.78 is 56.0. The fourth-order valence-electron chi connectivity index (χ4n) is 5.24. The molecule has 5 atom stereocenters. The first-order valence-corrected chi connectivity index (χ1v) is 15.1. The average molecular weight is 593 g/mol. The van der Waals surface area contributed by atoms with Crippen molar-refractivity contribution in [3.63, 3.8) is 0 Å². The van der Waals surface area contributed by atoms with Crippen LogP contribution in [0.1, 0.15) is 25.8 Å². The van der Waals surface area contributed by atoms with E-state index >= 15 is 0 Å². The van der Waals surface area contributed by atoms with Crippen molar-refractivity contribution in [3.8, 4) is 17.2 Å². The molecule has 3 aliphatic rings. The fourth-order valence-corrected chi connectivity index (χ4v) is 6.88. The molecule has 12 nitrogen and oxygen atoms in total. The molecule has 0 spiro atoms. The highest BCUT2D eigenvalue weighted by Gasteiger charge is 2.44. The third-order valence-electron chi connectivity index (χ3n) is 7.34. The highest BCUT2D eigenvalue weighted by Crippen LogP contribution is 2.35. The van der Waals surface area contributed by atoms with Gasteiger partial charge in [-0.1, -0.05) is 26.0 Å². The first kappa shape index (κ1) is 29.4. The molecule has 0 bridgehead atoms. The third-order valence-corrected chi connectivity index (χ3v) is 9.17. The molecule has 1 unspecified atom stereocenters. The lowest BCUT2D eigenvalue weighted by molar-refractivity contribution is -0.0907. The summed E-state index contributed by atoms with van der Waals surface area (Å²) in [6.45, 7) is 4.35. The quantitative estimate of drug-likeness (QED) is 0.354. The molecule has 2 aromatic rings. The Kier molecular flexibility index (Phi) is 8.90. The molecule has 2 aromatic carbocycles. The van der Waals surface area contributed by atoms with Crippen LogP contribution in [0.25, 0.3) is 0 Å². The van der Waals surface area contributed by atoms with Gasteiger partial charge in [-0.25, -0.2) is 13.2 Å². The van der Waals surface area contributed by atoms with Gasteiger partial charge in [-0.15, -0.1) is 0 Å². The molecule has 5 rings (SSSR count). The maximum absolute atomic E-state index is 13.7. The molecule has 3 aliphatic heterocycles. The first-order chi connectivity index (χ1) is 19.6. The molecule has 2 saturated heterocycles. The van der Waals surface area contributed by atoms with E-state index in [0.29, 0.717) is 24.5 Å². The Balaban J connectivity index is 1.34. The van der Waals surface area contributed by atoms with Gasteiger partial charge < -0.3 is 39.2 Å². The molecule has 224 valence electrons. The molecule has 2 fully saturated rings. The van der Waals surface area contributed by atoms with Crippen molar-refractivity contribution in [2.45, 2.75) is 56.1 Å². The van der Waals surface area contributed by atoms with E-state index in [4.69, 9.17) is 23.7 Å². The number of aliphatic hydroxyl groups excluding tert-OH is 1. The molecule has 3 N–H and O–H groups in total. The van der Waals surface area contributed by atoms with Crippen molar-refractivity contribution in [2.75, 3.05) is 33.1 Å². The van der Waals surface area contributed by atoms with Crippen LogP contribution in [0, 0.1) is 11.8 Å². The van der Waals surface area contributed by atoms with Gasteiger partial charge in [0.15, 0.2) is 17.8 Å². The molecular weight excluding hydrogens is 556 g/mol. The summed E-state index contributed by atoms with van der Waals surface area (Å²) in [7, 11) is -4.05. The SMILES string of the molecule is CC(C)CN(C[C@@H](O)C(Cc1ccc(O)cc1)NC(=O)O[C@H]1CO[C@H]2OCC[C@H]21)S(=O)(=O)c1ccc2c(c1)OCO2. The number of carbonyl (C=O) groups excluding carboxylic acids is 1. The monoisotopic (exact) mass is 592 g/mol. The molecule has 13 heteroatoms. The van der Waals surface area contributed by atoms with E-state index in [1.165, 1.54) is 34.6 Å². The van der Waals surface area contributed by atoms with Gasteiger partial charge in [0.05, 0.1) is 36.2 Å². The van der Waals surface area contributed by atoms with E-state index in [9.17, 15) is 23.4 Å². The predicted molar refractivity (Wildman–Crippen MR) is 145 cm³/mol. The van der Waals surface area contributed by atoms with Crippen LogP contribution in [0.5, 0.6) is 17.2 Å². The molecule has 1 amide bonds. The zero-order valence-electron chi connectivity index (χ0n) is 23.0. The van der Waals surface area contributed by atoms with Gasteiger partial charge in [-0.3, -0.25) is 0 Å². The number of carbonyl (C=O) groups is 1. The van der Waals surface area contributed by atoms with Crippen molar-refractivity contribution >= 4 is 16.1 Å². The van der Waals surface area contributed by atoms with Crippen LogP contribution >= 0.6 is 0 Å². The zero-order valence-corrected chi connectivity index (χ0v) is 23.8. The normalized spacial score (nSPS) is 23.0. The Labute approximate surface area is 239 Å².